The minimum atomic E-state index is -3.98. The third-order valence-electron chi connectivity index (χ3n) is 6.71. The van der Waals surface area contributed by atoms with Crippen LogP contribution in [0.15, 0.2) is 78.9 Å². The predicted octanol–water partition coefficient (Wildman–Crippen LogP) is 5.54. The van der Waals surface area contributed by atoms with Gasteiger partial charge in [0.1, 0.15) is 11.6 Å². The SMILES string of the molecule is COc1ccc(CN(C)S(=O)(=O)CC(CCCOCc2ccccc2)(NS(=O)C(C)(C)C)c2ccccc2F)cc1. The van der Waals surface area contributed by atoms with Crippen LogP contribution in [0.1, 0.15) is 50.3 Å². The molecule has 0 aliphatic rings. The van der Waals surface area contributed by atoms with Gasteiger partial charge in [-0.1, -0.05) is 60.7 Å². The topological polar surface area (TPSA) is 84.9 Å². The van der Waals surface area contributed by atoms with Crippen LogP contribution < -0.4 is 9.46 Å². The van der Waals surface area contributed by atoms with Gasteiger partial charge in [-0.25, -0.2) is 26.0 Å². The standard InChI is InChI=1S/C31H41FN2O5S2/c1-30(2,3)40(35)33-31(28-14-9-10-15-29(28)32,20-11-21-39-23-26-12-7-6-8-13-26)24-41(36,37)34(4)22-25-16-18-27(38-5)19-17-25/h6-10,12-19,33H,11,20-24H2,1-5H3. The van der Waals surface area contributed by atoms with Crippen LogP contribution in [0.5, 0.6) is 5.75 Å². The van der Waals surface area contributed by atoms with E-state index in [2.05, 4.69) is 4.72 Å². The molecule has 3 aromatic rings. The van der Waals surface area contributed by atoms with E-state index in [9.17, 15) is 12.6 Å². The van der Waals surface area contributed by atoms with Gasteiger partial charge in [-0.3, -0.25) is 0 Å². The van der Waals surface area contributed by atoms with E-state index in [4.69, 9.17) is 9.47 Å². The van der Waals surface area contributed by atoms with Gasteiger partial charge < -0.3 is 9.47 Å². The first-order valence-electron chi connectivity index (χ1n) is 13.5. The third-order valence-corrected chi connectivity index (χ3v) is 10.3. The maximum absolute atomic E-state index is 15.4. The van der Waals surface area contributed by atoms with Crippen molar-refractivity contribution in [2.75, 3.05) is 26.5 Å². The van der Waals surface area contributed by atoms with Crippen molar-refractivity contribution in [2.45, 2.75) is 57.1 Å². The van der Waals surface area contributed by atoms with E-state index in [-0.39, 0.29) is 18.5 Å². The Hall–Kier alpha value is -2.63. The average Bonchev–Trinajstić information content (AvgIpc) is 2.93. The number of nitrogens with one attached hydrogen (secondary N) is 1. The zero-order chi connectivity index (χ0) is 30.1. The summed E-state index contributed by atoms with van der Waals surface area (Å²) in [6.45, 7) is 6.19. The zero-order valence-electron chi connectivity index (χ0n) is 24.4. The van der Waals surface area contributed by atoms with Crippen LogP contribution in [0, 0.1) is 5.82 Å². The van der Waals surface area contributed by atoms with Crippen molar-refractivity contribution < 1.29 is 26.5 Å². The molecule has 0 spiro atoms. The summed E-state index contributed by atoms with van der Waals surface area (Å²) >= 11 is 0. The predicted molar refractivity (Wildman–Crippen MR) is 163 cm³/mol. The van der Waals surface area contributed by atoms with Crippen molar-refractivity contribution in [1.82, 2.24) is 9.03 Å². The molecule has 3 aromatic carbocycles. The Morgan fingerprint density at radius 2 is 1.56 bits per heavy atom. The molecule has 224 valence electrons. The van der Waals surface area contributed by atoms with Gasteiger partial charge >= 0.3 is 0 Å². The summed E-state index contributed by atoms with van der Waals surface area (Å²) in [5.74, 6) is -0.390. The lowest BCUT2D eigenvalue weighted by molar-refractivity contribution is 0.111. The Morgan fingerprint density at radius 3 is 2.17 bits per heavy atom. The van der Waals surface area contributed by atoms with E-state index in [0.29, 0.717) is 25.4 Å². The number of ether oxygens (including phenoxy) is 2. The summed E-state index contributed by atoms with van der Waals surface area (Å²) < 4.78 is 71.3. The molecule has 0 aliphatic carbocycles. The van der Waals surface area contributed by atoms with Crippen molar-refractivity contribution in [3.8, 4) is 5.75 Å². The van der Waals surface area contributed by atoms with Gasteiger partial charge in [-0.05, 0) is 62.9 Å². The number of benzene rings is 3. The van der Waals surface area contributed by atoms with Crippen LogP contribution in [0.2, 0.25) is 0 Å². The highest BCUT2D eigenvalue weighted by Gasteiger charge is 2.43. The largest absolute Gasteiger partial charge is 0.497 e. The van der Waals surface area contributed by atoms with Gasteiger partial charge in [0.15, 0.2) is 0 Å². The molecule has 1 N–H and O–H groups in total. The molecule has 3 rings (SSSR count). The number of rotatable bonds is 15. The maximum atomic E-state index is 15.4. The van der Waals surface area contributed by atoms with E-state index >= 15 is 4.39 Å². The molecule has 7 nitrogen and oxygen atoms in total. The van der Waals surface area contributed by atoms with Gasteiger partial charge in [0, 0.05) is 25.8 Å². The molecular weight excluding hydrogens is 563 g/mol. The fourth-order valence-corrected chi connectivity index (χ4v) is 6.95. The molecule has 0 aliphatic heterocycles. The number of hydrogen-bond donors (Lipinski definition) is 1. The third kappa shape index (κ3) is 9.44. The molecule has 0 fully saturated rings. The smallest absolute Gasteiger partial charge is 0.216 e. The molecule has 41 heavy (non-hydrogen) atoms. The van der Waals surface area contributed by atoms with Crippen molar-refractivity contribution in [2.24, 2.45) is 0 Å². The Morgan fingerprint density at radius 1 is 0.927 bits per heavy atom. The number of hydrogen-bond acceptors (Lipinski definition) is 5. The van der Waals surface area contributed by atoms with E-state index < -0.39 is 42.9 Å². The Bertz CT molecular complexity index is 1380. The fourth-order valence-electron chi connectivity index (χ4n) is 4.35. The lowest BCUT2D eigenvalue weighted by Crippen LogP contribution is -2.54. The van der Waals surface area contributed by atoms with E-state index in [0.717, 1.165) is 11.1 Å². The van der Waals surface area contributed by atoms with Gasteiger partial charge in [0.25, 0.3) is 0 Å². The van der Waals surface area contributed by atoms with Crippen molar-refractivity contribution in [3.63, 3.8) is 0 Å². The second kappa shape index (κ2) is 14.5. The highest BCUT2D eigenvalue weighted by atomic mass is 32.2. The molecule has 0 heterocycles. The molecule has 2 unspecified atom stereocenters. The van der Waals surface area contributed by atoms with Crippen LogP contribution in [-0.4, -0.2) is 48.2 Å². The summed E-state index contributed by atoms with van der Waals surface area (Å²) in [6, 6.07) is 22.9. The number of halogens is 1. The van der Waals surface area contributed by atoms with Crippen molar-refractivity contribution >= 4 is 21.0 Å². The summed E-state index contributed by atoms with van der Waals surface area (Å²) in [5.41, 5.74) is 0.464. The maximum Gasteiger partial charge on any atom is 0.216 e. The summed E-state index contributed by atoms with van der Waals surface area (Å²) in [5, 5.41) is 0. The Balaban J connectivity index is 1.91. The van der Waals surface area contributed by atoms with Gasteiger partial charge in [-0.2, -0.15) is 0 Å². The molecule has 10 heteroatoms. The normalized spacial score (nSPS) is 14.5. The van der Waals surface area contributed by atoms with E-state index in [1.807, 2.05) is 30.3 Å². The summed E-state index contributed by atoms with van der Waals surface area (Å²) in [6.07, 6.45) is 0.591. The second-order valence-electron chi connectivity index (χ2n) is 11.0. The molecule has 0 aromatic heterocycles. The quantitative estimate of drug-likeness (QED) is 0.230. The van der Waals surface area contributed by atoms with Crippen LogP contribution in [0.3, 0.4) is 0 Å². The highest BCUT2D eigenvalue weighted by molar-refractivity contribution is 7.89. The van der Waals surface area contributed by atoms with Gasteiger partial charge in [0.05, 0.1) is 40.7 Å². The number of methoxy groups -OCH3 is 1. The van der Waals surface area contributed by atoms with E-state index in [1.54, 1.807) is 70.3 Å². The summed E-state index contributed by atoms with van der Waals surface area (Å²) in [7, 11) is -2.61. The molecule has 0 saturated carbocycles. The number of nitrogens with zero attached hydrogens (tertiary/aromatic N) is 1. The highest BCUT2D eigenvalue weighted by Crippen LogP contribution is 2.34. The minimum Gasteiger partial charge on any atom is -0.497 e. The molecule has 0 bridgehead atoms. The monoisotopic (exact) mass is 604 g/mol. The first-order chi connectivity index (χ1) is 19.4. The van der Waals surface area contributed by atoms with Crippen molar-refractivity contribution in [1.29, 1.82) is 0 Å². The lowest BCUT2D eigenvalue weighted by Gasteiger charge is -2.38. The second-order valence-corrected chi connectivity index (χ2v) is 15.1. The van der Waals surface area contributed by atoms with Crippen LogP contribution in [-0.2, 0) is 44.4 Å². The van der Waals surface area contributed by atoms with Crippen molar-refractivity contribution in [3.05, 3.63) is 101 Å². The Labute approximate surface area is 246 Å². The zero-order valence-corrected chi connectivity index (χ0v) is 26.1. The van der Waals surface area contributed by atoms with Crippen LogP contribution >= 0.6 is 0 Å². The average molecular weight is 605 g/mol. The first-order valence-corrected chi connectivity index (χ1v) is 16.3. The van der Waals surface area contributed by atoms with E-state index in [1.165, 1.54) is 17.4 Å². The first kappa shape index (κ1) is 32.9. The molecule has 0 radical (unpaired) electrons. The summed E-state index contributed by atoms with van der Waals surface area (Å²) in [4.78, 5) is 0. The number of sulfonamides is 1. The van der Waals surface area contributed by atoms with Gasteiger partial charge in [-0.15, -0.1) is 0 Å². The van der Waals surface area contributed by atoms with Crippen LogP contribution in [0.4, 0.5) is 4.39 Å². The molecule has 0 saturated heterocycles. The Kier molecular flexibility index (Phi) is 11.6. The lowest BCUT2D eigenvalue weighted by atomic mass is 9.88. The molecule has 2 atom stereocenters. The fraction of sp³-hybridized carbons (Fsp3) is 0.419. The molecular formula is C31H41FN2O5S2. The van der Waals surface area contributed by atoms with Gasteiger partial charge in [0.2, 0.25) is 10.0 Å². The molecule has 0 amide bonds. The van der Waals surface area contributed by atoms with Crippen LogP contribution in [0.25, 0.3) is 0 Å². The minimum absolute atomic E-state index is 0.113.